The van der Waals surface area contributed by atoms with Gasteiger partial charge < -0.3 is 20.5 Å². The van der Waals surface area contributed by atoms with Gasteiger partial charge in [-0.2, -0.15) is 11.8 Å². The number of amides is 3. The zero-order valence-corrected chi connectivity index (χ0v) is 19.2. The van der Waals surface area contributed by atoms with Gasteiger partial charge in [0.2, 0.25) is 18.2 Å². The van der Waals surface area contributed by atoms with Crippen LogP contribution in [0.5, 0.6) is 11.5 Å². The molecule has 2 aromatic rings. The molecular weight excluding hydrogens is 446 g/mol. The first-order valence-corrected chi connectivity index (χ1v) is 11.4. The van der Waals surface area contributed by atoms with E-state index in [1.807, 2.05) is 18.4 Å². The Kier molecular flexibility index (Phi) is 10.4. The largest absolute Gasteiger partial charge is 0.467 e. The summed E-state index contributed by atoms with van der Waals surface area (Å²) < 4.78 is 10.6. The second-order valence-corrected chi connectivity index (χ2v) is 8.04. The van der Waals surface area contributed by atoms with Gasteiger partial charge in [0.1, 0.15) is 17.5 Å². The number of rotatable bonds is 12. The van der Waals surface area contributed by atoms with Crippen molar-refractivity contribution in [3.05, 3.63) is 59.7 Å². The molecule has 9 nitrogen and oxygen atoms in total. The van der Waals surface area contributed by atoms with Crippen LogP contribution < -0.4 is 21.1 Å². The van der Waals surface area contributed by atoms with Gasteiger partial charge in [-0.15, -0.1) is 0 Å². The number of benzene rings is 2. The van der Waals surface area contributed by atoms with Crippen molar-refractivity contribution in [3.63, 3.8) is 0 Å². The molecule has 4 N–H and O–H groups in total. The molecule has 2 rings (SSSR count). The summed E-state index contributed by atoms with van der Waals surface area (Å²) in [4.78, 5) is 45.8. The molecule has 2 unspecified atom stereocenters. The molecule has 2 atom stereocenters. The number of hydrogen-bond acceptors (Lipinski definition) is 8. The van der Waals surface area contributed by atoms with Crippen LogP contribution in [0.1, 0.15) is 11.1 Å². The summed E-state index contributed by atoms with van der Waals surface area (Å²) in [6.07, 6.45) is 2.94. The Morgan fingerprint density at radius 1 is 1.00 bits per heavy atom. The highest BCUT2D eigenvalue weighted by Crippen LogP contribution is 2.24. The second-order valence-electron chi connectivity index (χ2n) is 7.00. The third-order valence-electron chi connectivity index (χ3n) is 4.73. The summed E-state index contributed by atoms with van der Waals surface area (Å²) in [5, 5.41) is 4.36. The molecule has 33 heavy (non-hydrogen) atoms. The number of ether oxygens (including phenoxy) is 2. The lowest BCUT2D eigenvalue weighted by Gasteiger charge is -2.16. The van der Waals surface area contributed by atoms with Crippen LogP contribution in [-0.2, 0) is 36.8 Å². The van der Waals surface area contributed by atoms with Crippen LogP contribution in [0.2, 0.25) is 0 Å². The van der Waals surface area contributed by atoms with Crippen LogP contribution in [0, 0.1) is 0 Å². The highest BCUT2D eigenvalue weighted by atomic mass is 32.2. The monoisotopic (exact) mass is 473 g/mol. The van der Waals surface area contributed by atoms with E-state index in [9.17, 15) is 19.2 Å². The van der Waals surface area contributed by atoms with Gasteiger partial charge in [-0.05, 0) is 48.1 Å². The van der Waals surface area contributed by atoms with Crippen molar-refractivity contribution in [3.8, 4) is 11.5 Å². The molecule has 0 bridgehead atoms. The number of carbonyl (C=O) groups is 4. The van der Waals surface area contributed by atoms with E-state index in [-0.39, 0.29) is 24.1 Å². The molecule has 0 aliphatic heterocycles. The fourth-order valence-corrected chi connectivity index (χ4v) is 3.64. The fourth-order valence-electron chi connectivity index (χ4n) is 3.00. The molecule has 3 amide bonds. The quantitative estimate of drug-likeness (QED) is 0.309. The van der Waals surface area contributed by atoms with Gasteiger partial charge >= 0.3 is 5.97 Å². The van der Waals surface area contributed by atoms with Gasteiger partial charge in [0.05, 0.1) is 18.9 Å². The molecule has 2 aromatic carbocycles. The van der Waals surface area contributed by atoms with E-state index in [1.165, 1.54) is 18.9 Å². The van der Waals surface area contributed by atoms with Gasteiger partial charge in [0.15, 0.2) is 0 Å². The maximum Gasteiger partial charge on any atom is 0.328 e. The number of imide groups is 1. The molecule has 0 saturated heterocycles. The Balaban J connectivity index is 1.98. The molecule has 0 spiro atoms. The zero-order valence-electron chi connectivity index (χ0n) is 18.4. The summed E-state index contributed by atoms with van der Waals surface area (Å²) in [6.45, 7) is -0.219. The molecule has 176 valence electrons. The molecule has 0 aliphatic carbocycles. The van der Waals surface area contributed by atoms with E-state index < -0.39 is 17.9 Å². The average Bonchev–Trinajstić information content (AvgIpc) is 2.83. The fraction of sp³-hybridized carbons (Fsp3) is 0.304. The number of nitrogens with one attached hydrogen (secondary N) is 2. The smallest absolute Gasteiger partial charge is 0.328 e. The standard InChI is InChI=1S/C23H27N3O6S/c1-31-23(30)19(26-21(28)13-24)11-15-3-7-17(8-4-15)32-18-9-5-16(6-10-18)12-20(33-2)22(29)25-14-27/h3-10,14,19-20H,11-13,24H2,1-2H3,(H,26,28)(H,25,27,29). The lowest BCUT2D eigenvalue weighted by atomic mass is 10.1. The van der Waals surface area contributed by atoms with Crippen molar-refractivity contribution in [2.24, 2.45) is 5.73 Å². The lowest BCUT2D eigenvalue weighted by molar-refractivity contribution is -0.144. The van der Waals surface area contributed by atoms with Crippen LogP contribution >= 0.6 is 11.8 Å². The summed E-state index contributed by atoms with van der Waals surface area (Å²) >= 11 is 1.37. The van der Waals surface area contributed by atoms with Crippen LogP contribution in [0.4, 0.5) is 0 Å². The molecular formula is C23H27N3O6S. The Bertz CT molecular complexity index is 950. The van der Waals surface area contributed by atoms with E-state index in [4.69, 9.17) is 15.2 Å². The predicted octanol–water partition coefficient (Wildman–Crippen LogP) is 1.18. The van der Waals surface area contributed by atoms with E-state index in [1.54, 1.807) is 36.4 Å². The van der Waals surface area contributed by atoms with Crippen molar-refractivity contribution in [2.75, 3.05) is 19.9 Å². The van der Waals surface area contributed by atoms with Crippen LogP contribution in [0.3, 0.4) is 0 Å². The third kappa shape index (κ3) is 8.24. The van der Waals surface area contributed by atoms with Crippen molar-refractivity contribution in [1.29, 1.82) is 0 Å². The van der Waals surface area contributed by atoms with Gasteiger partial charge in [0, 0.05) is 6.42 Å². The minimum absolute atomic E-state index is 0.219. The first-order chi connectivity index (χ1) is 15.9. The summed E-state index contributed by atoms with van der Waals surface area (Å²) in [7, 11) is 1.26. The lowest BCUT2D eigenvalue weighted by Crippen LogP contribution is -2.45. The van der Waals surface area contributed by atoms with E-state index in [2.05, 4.69) is 10.6 Å². The van der Waals surface area contributed by atoms with Gasteiger partial charge in [-0.1, -0.05) is 24.3 Å². The Labute approximate surface area is 196 Å². The molecule has 0 radical (unpaired) electrons. The Morgan fingerprint density at radius 3 is 2.00 bits per heavy atom. The second kappa shape index (κ2) is 13.2. The topological polar surface area (TPSA) is 137 Å². The molecule has 10 heteroatoms. The van der Waals surface area contributed by atoms with Gasteiger partial charge in [-0.25, -0.2) is 4.79 Å². The number of thioether (sulfide) groups is 1. The first kappa shape index (κ1) is 25.9. The number of methoxy groups -OCH3 is 1. The number of nitrogens with two attached hydrogens (primary N) is 1. The highest BCUT2D eigenvalue weighted by molar-refractivity contribution is 7.99. The molecule has 0 aliphatic rings. The minimum Gasteiger partial charge on any atom is -0.467 e. The molecule has 0 fully saturated rings. The summed E-state index contributed by atoms with van der Waals surface area (Å²) in [5.41, 5.74) is 7.05. The van der Waals surface area contributed by atoms with Crippen molar-refractivity contribution < 1.29 is 28.7 Å². The normalized spacial score (nSPS) is 12.2. The Hall–Kier alpha value is -3.37. The maximum atomic E-state index is 11.9. The predicted molar refractivity (Wildman–Crippen MR) is 125 cm³/mol. The number of hydrogen-bond donors (Lipinski definition) is 3. The van der Waals surface area contributed by atoms with E-state index in [0.29, 0.717) is 24.3 Å². The SMILES string of the molecule is COC(=O)C(Cc1ccc(Oc2ccc(CC(SC)C(=O)NC=O)cc2)cc1)NC(=O)CN. The van der Waals surface area contributed by atoms with Crippen molar-refractivity contribution >= 4 is 36.0 Å². The van der Waals surface area contributed by atoms with Crippen LogP contribution in [-0.4, -0.2) is 55.4 Å². The van der Waals surface area contributed by atoms with Crippen molar-refractivity contribution in [1.82, 2.24) is 10.6 Å². The van der Waals surface area contributed by atoms with E-state index >= 15 is 0 Å². The Morgan fingerprint density at radius 2 is 1.55 bits per heavy atom. The molecule has 0 heterocycles. The first-order valence-electron chi connectivity index (χ1n) is 10.1. The highest BCUT2D eigenvalue weighted by Gasteiger charge is 2.21. The zero-order chi connectivity index (χ0) is 24.2. The van der Waals surface area contributed by atoms with E-state index in [0.717, 1.165) is 11.1 Å². The maximum absolute atomic E-state index is 11.9. The van der Waals surface area contributed by atoms with Gasteiger partial charge in [0.25, 0.3) is 0 Å². The molecule has 0 aromatic heterocycles. The van der Waals surface area contributed by atoms with Gasteiger partial charge in [-0.3, -0.25) is 19.7 Å². The minimum atomic E-state index is -0.830. The van der Waals surface area contributed by atoms with Crippen LogP contribution in [0.15, 0.2) is 48.5 Å². The van der Waals surface area contributed by atoms with Crippen LogP contribution in [0.25, 0.3) is 0 Å². The third-order valence-corrected chi connectivity index (χ3v) is 5.68. The molecule has 0 saturated carbocycles. The number of carbonyl (C=O) groups excluding carboxylic acids is 4. The average molecular weight is 474 g/mol. The van der Waals surface area contributed by atoms with Crippen molar-refractivity contribution in [2.45, 2.75) is 24.1 Å². The summed E-state index contributed by atoms with van der Waals surface area (Å²) in [5.74, 6) is -0.104. The summed E-state index contributed by atoms with van der Waals surface area (Å²) in [6, 6.07) is 13.6. The number of esters is 1.